The monoisotopic (exact) mass is 323 g/mol. The Morgan fingerprint density at radius 1 is 0.952 bits per heavy atom. The summed E-state index contributed by atoms with van der Waals surface area (Å²) in [6, 6.07) is 18.5. The summed E-state index contributed by atoms with van der Waals surface area (Å²) in [5, 5.41) is 0. The maximum atomic E-state index is 11.1. The van der Waals surface area contributed by atoms with Gasteiger partial charge in [-0.2, -0.15) is 8.42 Å². The Kier molecular flexibility index (Phi) is 5.01. The van der Waals surface area contributed by atoms with Crippen LogP contribution in [0.1, 0.15) is 11.1 Å². The van der Waals surface area contributed by atoms with Gasteiger partial charge in [0.05, 0.1) is 11.6 Å². The van der Waals surface area contributed by atoms with Crippen molar-refractivity contribution in [2.45, 2.75) is 0 Å². The van der Waals surface area contributed by atoms with Gasteiger partial charge in [-0.1, -0.05) is 60.7 Å². The van der Waals surface area contributed by atoms with Gasteiger partial charge in [0.1, 0.15) is 0 Å². The molecule has 110 valence electrons. The summed E-state index contributed by atoms with van der Waals surface area (Å²) < 4.78 is 33.3. The molecule has 2 rings (SSSR count). The van der Waals surface area contributed by atoms with Crippen molar-refractivity contribution >= 4 is 27.5 Å². The van der Waals surface area contributed by atoms with E-state index in [4.69, 9.17) is 16.2 Å². The number of alkyl halides is 1. The molecule has 0 unspecified atom stereocenters. The molecule has 2 aromatic carbocycles. The molecule has 0 aromatic heterocycles. The van der Waals surface area contributed by atoms with E-state index in [-0.39, 0.29) is 11.6 Å². The fourth-order valence-electron chi connectivity index (χ4n) is 2.03. The molecule has 0 bridgehead atoms. The highest BCUT2D eigenvalue weighted by atomic mass is 35.5. The zero-order valence-electron chi connectivity index (χ0n) is 11.0. The summed E-state index contributed by atoms with van der Waals surface area (Å²) in [7, 11) is -4.39. The highest BCUT2D eigenvalue weighted by molar-refractivity contribution is 7.83. The molecule has 0 spiro atoms. The van der Waals surface area contributed by atoms with E-state index in [9.17, 15) is 8.42 Å². The van der Waals surface area contributed by atoms with Gasteiger partial charge in [0.15, 0.2) is 0 Å². The summed E-state index contributed by atoms with van der Waals surface area (Å²) in [5.74, 6) is -0.0844. The standard InChI is InChI=1S/C15H14ClNO3S/c16-11-14(17-21(18,19)20)15(12-7-3-1-4-8-12)13-9-5-2-6-10-13/h1-10,17H,11H2,(H,18,19,20). The van der Waals surface area contributed by atoms with E-state index in [0.29, 0.717) is 5.57 Å². The summed E-state index contributed by atoms with van der Waals surface area (Å²) in [5.41, 5.74) is 2.45. The van der Waals surface area contributed by atoms with Crippen molar-refractivity contribution in [3.63, 3.8) is 0 Å². The molecule has 0 aliphatic carbocycles. The highest BCUT2D eigenvalue weighted by Gasteiger charge is 2.15. The van der Waals surface area contributed by atoms with E-state index in [2.05, 4.69) is 4.72 Å². The third-order valence-electron chi connectivity index (χ3n) is 2.81. The van der Waals surface area contributed by atoms with Crippen molar-refractivity contribution in [2.24, 2.45) is 0 Å². The van der Waals surface area contributed by atoms with Crippen LogP contribution >= 0.6 is 11.6 Å². The smallest absolute Gasteiger partial charge is 0.269 e. The molecule has 0 aliphatic heterocycles. The quantitative estimate of drug-likeness (QED) is 0.656. The zero-order chi connectivity index (χ0) is 15.3. The normalized spacial score (nSPS) is 11.0. The lowest BCUT2D eigenvalue weighted by atomic mass is 9.96. The van der Waals surface area contributed by atoms with Gasteiger partial charge >= 0.3 is 10.3 Å². The highest BCUT2D eigenvalue weighted by Crippen LogP contribution is 2.26. The minimum atomic E-state index is -4.39. The van der Waals surface area contributed by atoms with Crippen molar-refractivity contribution in [1.82, 2.24) is 4.72 Å². The topological polar surface area (TPSA) is 66.4 Å². The molecule has 0 heterocycles. The Morgan fingerprint density at radius 2 is 1.38 bits per heavy atom. The first-order chi connectivity index (χ1) is 10.0. The lowest BCUT2D eigenvalue weighted by Crippen LogP contribution is -2.24. The molecule has 0 fully saturated rings. The minimum absolute atomic E-state index is 0.0844. The van der Waals surface area contributed by atoms with E-state index in [0.717, 1.165) is 11.1 Å². The number of halogens is 1. The van der Waals surface area contributed by atoms with Gasteiger partial charge in [0.25, 0.3) is 0 Å². The molecule has 21 heavy (non-hydrogen) atoms. The lowest BCUT2D eigenvalue weighted by Gasteiger charge is -2.15. The maximum absolute atomic E-state index is 11.1. The zero-order valence-corrected chi connectivity index (χ0v) is 12.6. The number of allylic oxidation sites excluding steroid dienone is 1. The van der Waals surface area contributed by atoms with Gasteiger partial charge in [-0.05, 0) is 11.1 Å². The molecule has 2 N–H and O–H groups in total. The van der Waals surface area contributed by atoms with Crippen LogP contribution in [0.5, 0.6) is 0 Å². The first-order valence-corrected chi connectivity index (χ1v) is 8.14. The second kappa shape index (κ2) is 6.76. The predicted octanol–water partition coefficient (Wildman–Crippen LogP) is 3.08. The number of nitrogens with one attached hydrogen (secondary N) is 1. The van der Waals surface area contributed by atoms with E-state index in [1.54, 1.807) is 0 Å². The minimum Gasteiger partial charge on any atom is -0.269 e. The van der Waals surface area contributed by atoms with Crippen LogP contribution in [0.4, 0.5) is 0 Å². The van der Waals surface area contributed by atoms with E-state index in [1.807, 2.05) is 60.7 Å². The van der Waals surface area contributed by atoms with Crippen LogP contribution in [-0.2, 0) is 10.3 Å². The Labute approximate surface area is 129 Å². The lowest BCUT2D eigenvalue weighted by molar-refractivity contribution is 0.474. The van der Waals surface area contributed by atoms with E-state index < -0.39 is 10.3 Å². The molecule has 0 aliphatic rings. The molecule has 0 radical (unpaired) electrons. The van der Waals surface area contributed by atoms with Crippen LogP contribution in [0.25, 0.3) is 5.57 Å². The number of hydrogen-bond donors (Lipinski definition) is 2. The van der Waals surface area contributed by atoms with Gasteiger partial charge < -0.3 is 0 Å². The van der Waals surface area contributed by atoms with Crippen LogP contribution in [0.2, 0.25) is 0 Å². The first kappa shape index (κ1) is 15.6. The van der Waals surface area contributed by atoms with Crippen LogP contribution in [0.15, 0.2) is 66.4 Å². The summed E-state index contributed by atoms with van der Waals surface area (Å²) in [6.45, 7) is 0. The third-order valence-corrected chi connectivity index (χ3v) is 3.58. The Balaban J connectivity index is 2.65. The second-order valence-electron chi connectivity index (χ2n) is 4.30. The second-order valence-corrected chi connectivity index (χ2v) is 5.72. The molecule has 0 saturated heterocycles. The van der Waals surface area contributed by atoms with Crippen molar-refractivity contribution < 1.29 is 13.0 Å². The van der Waals surface area contributed by atoms with Crippen molar-refractivity contribution in [3.8, 4) is 0 Å². The SMILES string of the molecule is O=S(=O)(O)NC(CCl)=C(c1ccccc1)c1ccccc1. The molecular weight excluding hydrogens is 310 g/mol. The van der Waals surface area contributed by atoms with Gasteiger partial charge in [0, 0.05) is 5.57 Å². The van der Waals surface area contributed by atoms with Gasteiger partial charge in [0.2, 0.25) is 0 Å². The van der Waals surface area contributed by atoms with Gasteiger partial charge in [-0.3, -0.25) is 9.27 Å². The van der Waals surface area contributed by atoms with Crippen molar-refractivity contribution in [1.29, 1.82) is 0 Å². The van der Waals surface area contributed by atoms with Gasteiger partial charge in [-0.25, -0.2) is 0 Å². The average molecular weight is 324 g/mol. The van der Waals surface area contributed by atoms with Crippen molar-refractivity contribution in [3.05, 3.63) is 77.5 Å². The van der Waals surface area contributed by atoms with Crippen LogP contribution < -0.4 is 4.72 Å². The third kappa shape index (κ3) is 4.32. The van der Waals surface area contributed by atoms with E-state index in [1.165, 1.54) is 0 Å². The fraction of sp³-hybridized carbons (Fsp3) is 0.0667. The Hall–Kier alpha value is -1.82. The first-order valence-electron chi connectivity index (χ1n) is 6.16. The van der Waals surface area contributed by atoms with Crippen LogP contribution in [0.3, 0.4) is 0 Å². The molecule has 0 amide bonds. The number of benzene rings is 2. The van der Waals surface area contributed by atoms with E-state index >= 15 is 0 Å². The molecule has 6 heteroatoms. The number of rotatable bonds is 5. The van der Waals surface area contributed by atoms with Crippen LogP contribution in [-0.4, -0.2) is 18.9 Å². The largest absolute Gasteiger partial charge is 0.357 e. The van der Waals surface area contributed by atoms with Crippen molar-refractivity contribution in [2.75, 3.05) is 5.88 Å². The summed E-state index contributed by atoms with van der Waals surface area (Å²) in [6.07, 6.45) is 0. The average Bonchev–Trinajstić information content (AvgIpc) is 2.47. The molecule has 0 saturated carbocycles. The Morgan fingerprint density at radius 3 is 1.71 bits per heavy atom. The van der Waals surface area contributed by atoms with Gasteiger partial charge in [-0.15, -0.1) is 11.6 Å². The molecule has 2 aromatic rings. The summed E-state index contributed by atoms with van der Waals surface area (Å²) >= 11 is 5.87. The molecule has 4 nitrogen and oxygen atoms in total. The fourth-order valence-corrected chi connectivity index (χ4v) is 2.79. The summed E-state index contributed by atoms with van der Waals surface area (Å²) in [4.78, 5) is 0. The molecular formula is C15H14ClNO3S. The maximum Gasteiger partial charge on any atom is 0.357 e. The number of hydrogen-bond acceptors (Lipinski definition) is 2. The molecule has 0 atom stereocenters. The van der Waals surface area contributed by atoms with Crippen LogP contribution in [0, 0.1) is 0 Å². The predicted molar refractivity (Wildman–Crippen MR) is 84.3 cm³/mol. The Bertz CT molecular complexity index is 687.